The first-order valence-corrected chi connectivity index (χ1v) is 7.05. The van der Waals surface area contributed by atoms with E-state index in [2.05, 4.69) is 4.98 Å². The molecule has 100 valence electrons. The van der Waals surface area contributed by atoms with Gasteiger partial charge in [-0.05, 0) is 31.0 Å². The van der Waals surface area contributed by atoms with Crippen LogP contribution in [0, 0.1) is 0 Å². The highest BCUT2D eigenvalue weighted by atomic mass is 35.5. The van der Waals surface area contributed by atoms with Gasteiger partial charge in [0.15, 0.2) is 0 Å². The van der Waals surface area contributed by atoms with E-state index < -0.39 is 0 Å². The van der Waals surface area contributed by atoms with Crippen LogP contribution in [-0.4, -0.2) is 33.4 Å². The lowest BCUT2D eigenvalue weighted by Crippen LogP contribution is -2.27. The third kappa shape index (κ3) is 2.10. The van der Waals surface area contributed by atoms with Gasteiger partial charge in [0.2, 0.25) is 0 Å². The van der Waals surface area contributed by atoms with E-state index in [-0.39, 0.29) is 5.91 Å². The molecule has 0 radical (unpaired) electrons. The van der Waals surface area contributed by atoms with Gasteiger partial charge in [0, 0.05) is 25.7 Å². The van der Waals surface area contributed by atoms with Gasteiger partial charge in [0.05, 0.1) is 16.9 Å². The highest BCUT2D eigenvalue weighted by molar-refractivity contribution is 6.16. The van der Waals surface area contributed by atoms with Gasteiger partial charge in [-0.15, -0.1) is 11.6 Å². The van der Waals surface area contributed by atoms with Crippen molar-refractivity contribution in [1.29, 1.82) is 0 Å². The van der Waals surface area contributed by atoms with E-state index in [0.717, 1.165) is 42.8 Å². The van der Waals surface area contributed by atoms with E-state index in [4.69, 9.17) is 11.6 Å². The van der Waals surface area contributed by atoms with E-state index in [9.17, 15) is 4.79 Å². The first kappa shape index (κ1) is 12.5. The second kappa shape index (κ2) is 4.85. The number of fused-ring (bicyclic) bond motifs is 1. The number of carbonyl (C=O) groups is 1. The Hall–Kier alpha value is -1.55. The van der Waals surface area contributed by atoms with E-state index >= 15 is 0 Å². The maximum Gasteiger partial charge on any atom is 0.253 e. The molecule has 1 aromatic heterocycles. The van der Waals surface area contributed by atoms with Gasteiger partial charge in [-0.1, -0.05) is 0 Å². The molecule has 1 aliphatic rings. The Morgan fingerprint density at radius 2 is 2.11 bits per heavy atom. The SMILES string of the molecule is Cn1c(CCl)nc2cc(C(=O)N3CCCC3)ccc21. The fraction of sp³-hybridized carbons (Fsp3) is 0.429. The molecule has 0 saturated carbocycles. The zero-order chi connectivity index (χ0) is 13.4. The molecule has 1 fully saturated rings. The van der Waals surface area contributed by atoms with Crippen LogP contribution in [0.1, 0.15) is 29.0 Å². The van der Waals surface area contributed by atoms with Gasteiger partial charge in [-0.3, -0.25) is 4.79 Å². The Bertz CT molecular complexity index is 629. The fourth-order valence-corrected chi connectivity index (χ4v) is 2.84. The molecular formula is C14H16ClN3O. The number of aromatic nitrogens is 2. The molecule has 1 amide bonds. The smallest absolute Gasteiger partial charge is 0.253 e. The van der Waals surface area contributed by atoms with Crippen LogP contribution in [0.2, 0.25) is 0 Å². The second-order valence-electron chi connectivity index (χ2n) is 4.92. The molecule has 19 heavy (non-hydrogen) atoms. The summed E-state index contributed by atoms with van der Waals surface area (Å²) >= 11 is 5.85. The largest absolute Gasteiger partial charge is 0.339 e. The van der Waals surface area contributed by atoms with Gasteiger partial charge in [0.25, 0.3) is 5.91 Å². The average molecular weight is 278 g/mol. The summed E-state index contributed by atoms with van der Waals surface area (Å²) in [5.74, 6) is 1.31. The quantitative estimate of drug-likeness (QED) is 0.791. The zero-order valence-corrected chi connectivity index (χ0v) is 11.7. The van der Waals surface area contributed by atoms with E-state index in [1.165, 1.54) is 0 Å². The summed E-state index contributed by atoms with van der Waals surface area (Å²) in [6.07, 6.45) is 2.21. The number of alkyl halides is 1. The summed E-state index contributed by atoms with van der Waals surface area (Å²) in [6, 6.07) is 5.69. The van der Waals surface area contributed by atoms with Crippen LogP contribution in [0.15, 0.2) is 18.2 Å². The maximum absolute atomic E-state index is 12.3. The Morgan fingerprint density at radius 3 is 2.79 bits per heavy atom. The molecule has 0 unspecified atom stereocenters. The molecular weight excluding hydrogens is 262 g/mol. The van der Waals surface area contributed by atoms with Crippen molar-refractivity contribution in [1.82, 2.24) is 14.5 Å². The van der Waals surface area contributed by atoms with Crippen LogP contribution < -0.4 is 0 Å². The minimum absolute atomic E-state index is 0.109. The number of halogens is 1. The lowest BCUT2D eigenvalue weighted by molar-refractivity contribution is 0.0793. The van der Waals surface area contributed by atoms with Crippen molar-refractivity contribution >= 4 is 28.5 Å². The molecule has 4 nitrogen and oxygen atoms in total. The molecule has 0 aliphatic carbocycles. The summed E-state index contributed by atoms with van der Waals surface area (Å²) in [5.41, 5.74) is 2.56. The van der Waals surface area contributed by atoms with Crippen LogP contribution in [-0.2, 0) is 12.9 Å². The van der Waals surface area contributed by atoms with Crippen molar-refractivity contribution in [2.45, 2.75) is 18.7 Å². The minimum atomic E-state index is 0.109. The number of amides is 1. The van der Waals surface area contributed by atoms with Crippen molar-refractivity contribution < 1.29 is 4.79 Å². The molecule has 3 rings (SSSR count). The predicted molar refractivity (Wildman–Crippen MR) is 75.4 cm³/mol. The second-order valence-corrected chi connectivity index (χ2v) is 5.19. The molecule has 0 N–H and O–H groups in total. The number of hydrogen-bond donors (Lipinski definition) is 0. The molecule has 0 spiro atoms. The molecule has 1 aliphatic heterocycles. The number of benzene rings is 1. The van der Waals surface area contributed by atoms with E-state index in [0.29, 0.717) is 11.4 Å². The number of aryl methyl sites for hydroxylation is 1. The minimum Gasteiger partial charge on any atom is -0.339 e. The molecule has 0 bridgehead atoms. The third-order valence-electron chi connectivity index (χ3n) is 3.73. The van der Waals surface area contributed by atoms with Gasteiger partial charge < -0.3 is 9.47 Å². The highest BCUT2D eigenvalue weighted by Gasteiger charge is 2.20. The highest BCUT2D eigenvalue weighted by Crippen LogP contribution is 2.20. The van der Waals surface area contributed by atoms with Gasteiger partial charge in [0.1, 0.15) is 5.82 Å². The fourth-order valence-electron chi connectivity index (χ4n) is 2.61. The van der Waals surface area contributed by atoms with Crippen molar-refractivity contribution in [3.05, 3.63) is 29.6 Å². The first-order chi connectivity index (χ1) is 9.20. The monoisotopic (exact) mass is 277 g/mol. The summed E-state index contributed by atoms with van der Waals surface area (Å²) in [5, 5.41) is 0. The number of hydrogen-bond acceptors (Lipinski definition) is 2. The summed E-state index contributed by atoms with van der Waals surface area (Å²) < 4.78 is 1.96. The van der Waals surface area contributed by atoms with E-state index in [1.807, 2.05) is 34.7 Å². The number of carbonyl (C=O) groups excluding carboxylic acids is 1. The topological polar surface area (TPSA) is 38.1 Å². The average Bonchev–Trinajstić information content (AvgIpc) is 3.06. The van der Waals surface area contributed by atoms with E-state index in [1.54, 1.807) is 0 Å². The van der Waals surface area contributed by atoms with Crippen LogP contribution in [0.3, 0.4) is 0 Å². The third-order valence-corrected chi connectivity index (χ3v) is 3.97. The van der Waals surface area contributed by atoms with Gasteiger partial charge >= 0.3 is 0 Å². The first-order valence-electron chi connectivity index (χ1n) is 6.51. The molecule has 2 heterocycles. The Morgan fingerprint density at radius 1 is 1.37 bits per heavy atom. The van der Waals surface area contributed by atoms with Crippen LogP contribution >= 0.6 is 11.6 Å². The molecule has 2 aromatic rings. The van der Waals surface area contributed by atoms with Gasteiger partial charge in [-0.2, -0.15) is 0 Å². The summed E-state index contributed by atoms with van der Waals surface area (Å²) in [6.45, 7) is 1.73. The number of likely N-dealkylation sites (tertiary alicyclic amines) is 1. The Kier molecular flexibility index (Phi) is 3.19. The molecule has 5 heteroatoms. The molecule has 1 saturated heterocycles. The zero-order valence-electron chi connectivity index (χ0n) is 10.9. The summed E-state index contributed by atoms with van der Waals surface area (Å²) in [4.78, 5) is 18.7. The van der Waals surface area contributed by atoms with Crippen molar-refractivity contribution in [2.75, 3.05) is 13.1 Å². The van der Waals surface area contributed by atoms with Crippen LogP contribution in [0.5, 0.6) is 0 Å². The van der Waals surface area contributed by atoms with Crippen molar-refractivity contribution in [3.63, 3.8) is 0 Å². The van der Waals surface area contributed by atoms with Crippen molar-refractivity contribution in [2.24, 2.45) is 7.05 Å². The Balaban J connectivity index is 1.99. The molecule has 1 aromatic carbocycles. The number of rotatable bonds is 2. The lowest BCUT2D eigenvalue weighted by atomic mass is 10.2. The number of nitrogens with zero attached hydrogens (tertiary/aromatic N) is 3. The number of imidazole rings is 1. The van der Waals surface area contributed by atoms with Crippen molar-refractivity contribution in [3.8, 4) is 0 Å². The maximum atomic E-state index is 12.3. The Labute approximate surface area is 117 Å². The molecule has 0 atom stereocenters. The lowest BCUT2D eigenvalue weighted by Gasteiger charge is -2.14. The summed E-state index contributed by atoms with van der Waals surface area (Å²) in [7, 11) is 1.94. The van der Waals surface area contributed by atoms with Crippen LogP contribution in [0.25, 0.3) is 11.0 Å². The predicted octanol–water partition coefficient (Wildman–Crippen LogP) is 2.55. The van der Waals surface area contributed by atoms with Gasteiger partial charge in [-0.25, -0.2) is 4.98 Å². The standard InChI is InChI=1S/C14H16ClN3O/c1-17-12-5-4-10(8-11(12)16-13(17)9-15)14(19)18-6-2-3-7-18/h4-5,8H,2-3,6-7,9H2,1H3. The normalized spacial score (nSPS) is 15.4. The van der Waals surface area contributed by atoms with Crippen LogP contribution in [0.4, 0.5) is 0 Å².